The normalized spacial score (nSPS) is 12.6. The lowest BCUT2D eigenvalue weighted by Gasteiger charge is -2.27. The molecule has 0 amide bonds. The van der Waals surface area contributed by atoms with Gasteiger partial charge in [-0.3, -0.25) is 9.55 Å². The molecule has 0 saturated heterocycles. The van der Waals surface area contributed by atoms with Crippen molar-refractivity contribution in [1.29, 1.82) is 0 Å². The van der Waals surface area contributed by atoms with E-state index in [9.17, 15) is 5.11 Å². The molecule has 5 heteroatoms. The molecule has 0 fully saturated rings. The minimum Gasteiger partial charge on any atom is -0.507 e. The number of aromatic nitrogens is 3. The van der Waals surface area contributed by atoms with E-state index in [0.717, 1.165) is 77.7 Å². The summed E-state index contributed by atoms with van der Waals surface area (Å²) in [6, 6.07) is 48.7. The van der Waals surface area contributed by atoms with E-state index in [4.69, 9.17) is 14.4 Å². The predicted molar refractivity (Wildman–Crippen MR) is 240 cm³/mol. The van der Waals surface area contributed by atoms with Gasteiger partial charge in [-0.1, -0.05) is 146 Å². The Bertz CT molecular complexity index is 2990. The highest BCUT2D eigenvalue weighted by Gasteiger charge is 2.30. The number of nitrogens with zero attached hydrogens (tertiary/aromatic N) is 3. The Morgan fingerprint density at radius 3 is 1.97 bits per heavy atom. The number of benzene rings is 6. The topological polar surface area (TPSA) is 64.1 Å². The van der Waals surface area contributed by atoms with Crippen molar-refractivity contribution in [2.45, 2.75) is 71.6 Å². The van der Waals surface area contributed by atoms with Gasteiger partial charge in [-0.2, -0.15) is 0 Å². The number of hydrogen-bond donors (Lipinski definition) is 1. The molecule has 3 heterocycles. The van der Waals surface area contributed by atoms with Gasteiger partial charge in [0.2, 0.25) is 0 Å². The van der Waals surface area contributed by atoms with Crippen molar-refractivity contribution in [3.05, 3.63) is 168 Å². The van der Waals surface area contributed by atoms with E-state index in [1.807, 2.05) is 42.6 Å². The van der Waals surface area contributed by atoms with Crippen LogP contribution in [0.15, 0.2) is 150 Å². The van der Waals surface area contributed by atoms with Crippen LogP contribution in [0.3, 0.4) is 0 Å². The van der Waals surface area contributed by atoms with Gasteiger partial charge >= 0.3 is 0 Å². The lowest BCUT2D eigenvalue weighted by molar-refractivity contribution is 0.446. The van der Waals surface area contributed by atoms with Gasteiger partial charge in [-0.05, 0) is 75.5 Å². The van der Waals surface area contributed by atoms with Crippen molar-refractivity contribution < 1.29 is 9.52 Å². The number of fused-ring (bicyclic) bond motifs is 4. The van der Waals surface area contributed by atoms with E-state index in [-0.39, 0.29) is 22.0 Å². The maximum atomic E-state index is 12.2. The molecule has 0 spiro atoms. The molecule has 0 atom stereocenters. The van der Waals surface area contributed by atoms with E-state index >= 15 is 0 Å². The van der Waals surface area contributed by atoms with E-state index in [0.29, 0.717) is 11.4 Å². The number of rotatable bonds is 6. The quantitative estimate of drug-likeness (QED) is 0.183. The molecular formula is C53H49N3O2. The molecule has 58 heavy (non-hydrogen) atoms. The van der Waals surface area contributed by atoms with Gasteiger partial charge in [0.25, 0.3) is 0 Å². The van der Waals surface area contributed by atoms with Crippen LogP contribution in [0.4, 0.5) is 0 Å². The van der Waals surface area contributed by atoms with Crippen LogP contribution in [-0.2, 0) is 16.2 Å². The zero-order valence-corrected chi connectivity index (χ0v) is 34.6. The first kappa shape index (κ1) is 37.1. The number of phenols is 1. The first-order valence-electron chi connectivity index (χ1n) is 20.1. The minimum atomic E-state index is -0.333. The summed E-state index contributed by atoms with van der Waals surface area (Å²) in [6.07, 6.45) is 1.93. The molecule has 1 N–H and O–H groups in total. The number of phenolic OH excluding ortho intramolecular Hbond substituents is 1. The van der Waals surface area contributed by atoms with E-state index in [1.54, 1.807) is 0 Å². The number of imidazole rings is 1. The number of aromatic hydroxyl groups is 1. The highest BCUT2D eigenvalue weighted by molar-refractivity contribution is 6.05. The van der Waals surface area contributed by atoms with Crippen LogP contribution in [0.2, 0.25) is 0 Å². The van der Waals surface area contributed by atoms with Crippen LogP contribution < -0.4 is 0 Å². The van der Waals surface area contributed by atoms with Gasteiger partial charge in [0, 0.05) is 50.8 Å². The van der Waals surface area contributed by atoms with Crippen LogP contribution in [0, 0.1) is 0 Å². The Balaban J connectivity index is 1.32. The van der Waals surface area contributed by atoms with Crippen LogP contribution in [0.1, 0.15) is 77.6 Å². The molecule has 3 aromatic heterocycles. The van der Waals surface area contributed by atoms with Gasteiger partial charge in [0.1, 0.15) is 22.7 Å². The molecule has 0 aliphatic heterocycles. The smallest absolute Gasteiger partial charge is 0.149 e. The Morgan fingerprint density at radius 1 is 0.552 bits per heavy atom. The number of pyridine rings is 1. The fourth-order valence-electron chi connectivity index (χ4n) is 8.25. The third-order valence-corrected chi connectivity index (χ3v) is 11.7. The van der Waals surface area contributed by atoms with Crippen LogP contribution in [0.5, 0.6) is 5.75 Å². The van der Waals surface area contributed by atoms with Gasteiger partial charge < -0.3 is 9.52 Å². The predicted octanol–water partition coefficient (Wildman–Crippen LogP) is 13.9. The van der Waals surface area contributed by atoms with Crippen LogP contribution >= 0.6 is 0 Å². The molecule has 0 saturated carbocycles. The van der Waals surface area contributed by atoms with Crippen molar-refractivity contribution in [3.8, 4) is 45.2 Å². The lowest BCUT2D eigenvalue weighted by Crippen LogP contribution is -2.19. The highest BCUT2D eigenvalue weighted by atomic mass is 16.3. The number of hydrogen-bond acceptors (Lipinski definition) is 4. The second kappa shape index (κ2) is 13.6. The average Bonchev–Trinajstić information content (AvgIpc) is 3.79. The van der Waals surface area contributed by atoms with Crippen molar-refractivity contribution in [2.75, 3.05) is 0 Å². The summed E-state index contributed by atoms with van der Waals surface area (Å²) in [4.78, 5) is 10.6. The third kappa shape index (κ3) is 6.35. The third-order valence-electron chi connectivity index (χ3n) is 11.7. The Labute approximate surface area is 340 Å². The Hall–Kier alpha value is -6.46. The molecule has 288 valence electrons. The minimum absolute atomic E-state index is 0.154. The first-order valence-corrected chi connectivity index (χ1v) is 20.1. The summed E-state index contributed by atoms with van der Waals surface area (Å²) in [6.45, 7) is 17.7. The molecule has 5 nitrogen and oxygen atoms in total. The molecule has 0 radical (unpaired) electrons. The van der Waals surface area contributed by atoms with Crippen molar-refractivity contribution in [2.24, 2.45) is 0 Å². The fourth-order valence-corrected chi connectivity index (χ4v) is 8.25. The van der Waals surface area contributed by atoms with E-state index in [1.165, 1.54) is 5.56 Å². The molecular weight excluding hydrogens is 711 g/mol. The zero-order valence-electron chi connectivity index (χ0n) is 34.6. The van der Waals surface area contributed by atoms with Gasteiger partial charge in [0.05, 0.1) is 22.3 Å². The largest absolute Gasteiger partial charge is 0.507 e. The van der Waals surface area contributed by atoms with Gasteiger partial charge in [0.15, 0.2) is 0 Å². The summed E-state index contributed by atoms with van der Waals surface area (Å²) < 4.78 is 8.55. The first-order chi connectivity index (χ1) is 27.7. The fraction of sp³-hybridized carbons (Fsp3) is 0.208. The molecule has 0 aliphatic carbocycles. The molecule has 9 rings (SSSR count). The molecule has 9 aromatic rings. The summed E-state index contributed by atoms with van der Waals surface area (Å²) in [5.74, 6) is 0.955. The monoisotopic (exact) mass is 759 g/mol. The van der Waals surface area contributed by atoms with Crippen LogP contribution in [0.25, 0.3) is 72.4 Å². The highest BCUT2D eigenvalue weighted by Crippen LogP contribution is 2.45. The number of furan rings is 1. The molecule has 0 aliphatic rings. The SMILES string of the molecule is CC(C)(C)c1cc(-c2nc3c(-c4cc(-c5cc6oc7ccccc7c6cn5)cc(C(C)(C)c5ccccc5)c4)cccc3n2-c2ccccc2)c(O)c(C(C)(C)C)c1. The van der Waals surface area contributed by atoms with Crippen molar-refractivity contribution >= 4 is 33.0 Å². The summed E-state index contributed by atoms with van der Waals surface area (Å²) >= 11 is 0. The van der Waals surface area contributed by atoms with Crippen LogP contribution in [-0.4, -0.2) is 19.6 Å². The maximum Gasteiger partial charge on any atom is 0.149 e. The van der Waals surface area contributed by atoms with Crippen molar-refractivity contribution in [1.82, 2.24) is 14.5 Å². The second-order valence-corrected chi connectivity index (χ2v) is 18.2. The Morgan fingerprint density at radius 2 is 1.24 bits per heavy atom. The molecule has 0 unspecified atom stereocenters. The van der Waals surface area contributed by atoms with Crippen molar-refractivity contribution in [3.63, 3.8) is 0 Å². The van der Waals surface area contributed by atoms with E-state index < -0.39 is 0 Å². The average molecular weight is 760 g/mol. The number of para-hydroxylation sites is 3. The maximum absolute atomic E-state index is 12.2. The summed E-state index contributed by atoms with van der Waals surface area (Å²) in [5, 5.41) is 14.3. The summed E-state index contributed by atoms with van der Waals surface area (Å²) in [5.41, 5.74) is 12.6. The van der Waals surface area contributed by atoms with Gasteiger partial charge in [-0.15, -0.1) is 0 Å². The standard InChI is InChI=1S/C53H49N3O2/c1-51(2,3)36-29-41(49(57)43(30-36)52(4,5)6)50-55-48-39(23-17-24-45(48)56(50)38-20-13-10-14-21-38)33-26-34(28-37(27-33)53(7,8)35-18-11-9-12-19-35)44-31-47-42(32-54-44)40-22-15-16-25-46(40)58-47/h9-32,57H,1-8H3. The molecule has 6 aromatic carbocycles. The summed E-state index contributed by atoms with van der Waals surface area (Å²) in [7, 11) is 0. The second-order valence-electron chi connectivity index (χ2n) is 18.2. The Kier molecular flexibility index (Phi) is 8.70. The van der Waals surface area contributed by atoms with Gasteiger partial charge in [-0.25, -0.2) is 4.98 Å². The lowest BCUT2D eigenvalue weighted by atomic mass is 9.76. The zero-order chi connectivity index (χ0) is 40.6. The van der Waals surface area contributed by atoms with E-state index in [2.05, 4.69) is 163 Å². The molecule has 0 bridgehead atoms.